The molecule has 0 amide bonds. The minimum Gasteiger partial charge on any atom is -0.490 e. The number of aliphatic hydroxyl groups is 1. The van der Waals surface area contributed by atoms with Crippen molar-refractivity contribution in [1.29, 1.82) is 0 Å². The molecule has 4 rings (SSSR count). The molecule has 0 spiro atoms. The van der Waals surface area contributed by atoms with E-state index in [4.69, 9.17) is 20.1 Å². The number of imidazole rings is 1. The molecule has 170 valence electrons. The predicted octanol–water partition coefficient (Wildman–Crippen LogP) is 2.07. The fourth-order valence-corrected chi connectivity index (χ4v) is 3.84. The summed E-state index contributed by atoms with van der Waals surface area (Å²) in [5.41, 5.74) is 6.87. The van der Waals surface area contributed by atoms with Crippen LogP contribution in [0, 0.1) is 11.8 Å². The molecular formula is C22H29N7O3. The van der Waals surface area contributed by atoms with Crippen molar-refractivity contribution in [2.75, 3.05) is 32.0 Å². The molecule has 0 aliphatic carbocycles. The standard InChI is InChI=1S/C22H29N7O3/c1-4-29-19-16(31-13-7-12-28-10-5-6-11-28)14-24-15(8-9-22(2,3)30)17(19)25-21(29)18-20(23)27-32-26-18/h14,30H,4-7,10-13H2,1-3H3,(H2,23,27). The van der Waals surface area contributed by atoms with Crippen LogP contribution in [0.25, 0.3) is 22.6 Å². The lowest BCUT2D eigenvalue weighted by Gasteiger charge is -2.15. The van der Waals surface area contributed by atoms with Crippen molar-refractivity contribution in [2.45, 2.75) is 52.2 Å². The van der Waals surface area contributed by atoms with Gasteiger partial charge in [0.1, 0.15) is 22.3 Å². The normalized spacial score (nSPS) is 14.6. The second kappa shape index (κ2) is 9.14. The van der Waals surface area contributed by atoms with E-state index in [1.165, 1.54) is 25.9 Å². The number of nitrogen functional groups attached to an aromatic ring is 1. The number of nitrogens with two attached hydrogens (primary N) is 1. The summed E-state index contributed by atoms with van der Waals surface area (Å²) in [7, 11) is 0. The zero-order valence-corrected chi connectivity index (χ0v) is 18.8. The minimum atomic E-state index is -1.16. The van der Waals surface area contributed by atoms with Gasteiger partial charge in [-0.15, -0.1) is 0 Å². The van der Waals surface area contributed by atoms with Gasteiger partial charge < -0.3 is 25.0 Å². The van der Waals surface area contributed by atoms with Crippen LogP contribution in [0.3, 0.4) is 0 Å². The largest absolute Gasteiger partial charge is 0.490 e. The number of aryl methyl sites for hydroxylation is 1. The molecular weight excluding hydrogens is 410 g/mol. The molecule has 32 heavy (non-hydrogen) atoms. The highest BCUT2D eigenvalue weighted by Crippen LogP contribution is 2.33. The van der Waals surface area contributed by atoms with Crippen LogP contribution in [-0.4, -0.2) is 66.7 Å². The first-order chi connectivity index (χ1) is 15.4. The van der Waals surface area contributed by atoms with Gasteiger partial charge in [-0.1, -0.05) is 5.92 Å². The summed E-state index contributed by atoms with van der Waals surface area (Å²) < 4.78 is 12.9. The minimum absolute atomic E-state index is 0.153. The maximum Gasteiger partial charge on any atom is 0.199 e. The molecule has 3 aromatic rings. The molecule has 1 aliphatic heterocycles. The zero-order valence-electron chi connectivity index (χ0n) is 18.8. The number of rotatable bonds is 7. The Morgan fingerprint density at radius 3 is 2.72 bits per heavy atom. The van der Waals surface area contributed by atoms with Crippen molar-refractivity contribution in [3.63, 3.8) is 0 Å². The topological polar surface area (TPSA) is 128 Å². The van der Waals surface area contributed by atoms with E-state index in [2.05, 4.69) is 32.0 Å². The van der Waals surface area contributed by atoms with E-state index in [1.54, 1.807) is 20.0 Å². The van der Waals surface area contributed by atoms with Gasteiger partial charge >= 0.3 is 0 Å². The third kappa shape index (κ3) is 4.69. The lowest BCUT2D eigenvalue weighted by atomic mass is 10.1. The van der Waals surface area contributed by atoms with Crippen LogP contribution in [0.5, 0.6) is 5.75 Å². The Hall–Kier alpha value is -3.16. The van der Waals surface area contributed by atoms with Crippen LogP contribution in [0.15, 0.2) is 10.8 Å². The van der Waals surface area contributed by atoms with E-state index < -0.39 is 5.60 Å². The Labute approximate surface area is 186 Å². The number of hydrogen-bond acceptors (Lipinski definition) is 9. The van der Waals surface area contributed by atoms with Gasteiger partial charge in [-0.2, -0.15) is 0 Å². The molecule has 4 heterocycles. The molecule has 0 aromatic carbocycles. The number of aromatic nitrogens is 5. The summed E-state index contributed by atoms with van der Waals surface area (Å²) in [4.78, 5) is 11.7. The van der Waals surface area contributed by atoms with Crippen molar-refractivity contribution in [2.24, 2.45) is 0 Å². The summed E-state index contributed by atoms with van der Waals surface area (Å²) in [6, 6.07) is 0. The summed E-state index contributed by atoms with van der Waals surface area (Å²) in [6.07, 6.45) is 5.14. The van der Waals surface area contributed by atoms with Gasteiger partial charge in [-0.05, 0) is 69.4 Å². The number of fused-ring (bicyclic) bond motifs is 1. The molecule has 3 aromatic heterocycles. The number of anilines is 1. The molecule has 1 fully saturated rings. The monoisotopic (exact) mass is 439 g/mol. The Balaban J connectivity index is 1.72. The Bertz CT molecular complexity index is 1140. The predicted molar refractivity (Wildman–Crippen MR) is 120 cm³/mol. The van der Waals surface area contributed by atoms with Crippen LogP contribution in [0.1, 0.15) is 45.7 Å². The van der Waals surface area contributed by atoms with Crippen molar-refractivity contribution in [1.82, 2.24) is 29.7 Å². The van der Waals surface area contributed by atoms with Gasteiger partial charge in [0.2, 0.25) is 0 Å². The van der Waals surface area contributed by atoms with E-state index in [0.29, 0.717) is 41.6 Å². The number of likely N-dealkylation sites (tertiary alicyclic amines) is 1. The van der Waals surface area contributed by atoms with Crippen LogP contribution in [-0.2, 0) is 6.54 Å². The van der Waals surface area contributed by atoms with E-state index in [1.807, 2.05) is 11.5 Å². The highest BCUT2D eigenvalue weighted by Gasteiger charge is 2.23. The average molecular weight is 440 g/mol. The van der Waals surface area contributed by atoms with Crippen LogP contribution >= 0.6 is 0 Å². The second-order valence-corrected chi connectivity index (χ2v) is 8.41. The molecule has 0 saturated carbocycles. The molecule has 10 nitrogen and oxygen atoms in total. The van der Waals surface area contributed by atoms with E-state index >= 15 is 0 Å². The average Bonchev–Trinajstić information content (AvgIpc) is 3.49. The first-order valence-electron chi connectivity index (χ1n) is 11.0. The van der Waals surface area contributed by atoms with Gasteiger partial charge in [0.25, 0.3) is 0 Å². The molecule has 10 heteroatoms. The molecule has 1 saturated heterocycles. The van der Waals surface area contributed by atoms with Gasteiger partial charge in [-0.25, -0.2) is 14.6 Å². The van der Waals surface area contributed by atoms with Gasteiger partial charge in [0.15, 0.2) is 23.1 Å². The van der Waals surface area contributed by atoms with Gasteiger partial charge in [0, 0.05) is 13.1 Å². The summed E-state index contributed by atoms with van der Waals surface area (Å²) in [5.74, 6) is 7.02. The summed E-state index contributed by atoms with van der Waals surface area (Å²) in [6.45, 7) is 9.74. The first-order valence-corrected chi connectivity index (χ1v) is 11.0. The number of pyridine rings is 1. The lowest BCUT2D eigenvalue weighted by Crippen LogP contribution is -2.22. The van der Waals surface area contributed by atoms with Gasteiger partial charge in [-0.3, -0.25) is 0 Å². The van der Waals surface area contributed by atoms with Crippen molar-refractivity contribution < 1.29 is 14.5 Å². The number of nitrogens with zero attached hydrogens (tertiary/aromatic N) is 6. The van der Waals surface area contributed by atoms with Crippen LogP contribution in [0.4, 0.5) is 5.82 Å². The SMILES string of the molecule is CCn1c(-c2nonc2N)nc2c(C#CC(C)(C)O)ncc(OCCCN3CCCC3)c21. The van der Waals surface area contributed by atoms with Crippen molar-refractivity contribution >= 4 is 16.9 Å². The molecule has 1 aliphatic rings. The number of hydrogen-bond donors (Lipinski definition) is 2. The molecule has 0 bridgehead atoms. The first kappa shape index (κ1) is 22.0. The maximum atomic E-state index is 10.0. The molecule has 0 unspecified atom stereocenters. The number of ether oxygens (including phenoxy) is 1. The Kier molecular flexibility index (Phi) is 6.30. The second-order valence-electron chi connectivity index (χ2n) is 8.41. The fraction of sp³-hybridized carbons (Fsp3) is 0.545. The zero-order chi connectivity index (χ0) is 22.7. The lowest BCUT2D eigenvalue weighted by molar-refractivity contribution is 0.143. The van der Waals surface area contributed by atoms with Crippen LogP contribution < -0.4 is 10.5 Å². The highest BCUT2D eigenvalue weighted by molar-refractivity contribution is 5.89. The molecule has 3 N–H and O–H groups in total. The van der Waals surface area contributed by atoms with Crippen LogP contribution in [0.2, 0.25) is 0 Å². The molecule has 0 radical (unpaired) electrons. The van der Waals surface area contributed by atoms with E-state index in [-0.39, 0.29) is 5.82 Å². The maximum absolute atomic E-state index is 10.0. The Morgan fingerprint density at radius 1 is 1.28 bits per heavy atom. The summed E-state index contributed by atoms with van der Waals surface area (Å²) in [5, 5.41) is 17.6. The fourth-order valence-electron chi connectivity index (χ4n) is 3.84. The smallest absolute Gasteiger partial charge is 0.199 e. The van der Waals surface area contributed by atoms with Gasteiger partial charge in [0.05, 0.1) is 12.8 Å². The van der Waals surface area contributed by atoms with Crippen molar-refractivity contribution in [3.05, 3.63) is 11.9 Å². The third-order valence-electron chi connectivity index (χ3n) is 5.34. The van der Waals surface area contributed by atoms with E-state index in [9.17, 15) is 5.11 Å². The Morgan fingerprint density at radius 2 is 2.06 bits per heavy atom. The molecule has 0 atom stereocenters. The quantitative estimate of drug-likeness (QED) is 0.420. The van der Waals surface area contributed by atoms with E-state index in [0.717, 1.165) is 18.5 Å². The third-order valence-corrected chi connectivity index (χ3v) is 5.34. The summed E-state index contributed by atoms with van der Waals surface area (Å²) >= 11 is 0. The highest BCUT2D eigenvalue weighted by atomic mass is 16.6. The van der Waals surface area contributed by atoms with Crippen molar-refractivity contribution in [3.8, 4) is 29.1 Å².